The van der Waals surface area contributed by atoms with Crippen LogP contribution in [0.4, 0.5) is 0 Å². The molecule has 2 heteroatoms. The van der Waals surface area contributed by atoms with E-state index in [4.69, 9.17) is 4.74 Å². The quantitative estimate of drug-likeness (QED) is 0.702. The van der Waals surface area contributed by atoms with Gasteiger partial charge in [0, 0.05) is 0 Å². The molecule has 0 bridgehead atoms. The molecule has 0 aliphatic rings. The predicted octanol–water partition coefficient (Wildman–Crippen LogP) is 1.96. The second-order valence-corrected chi connectivity index (χ2v) is 2.32. The number of aryl methyl sites for hydroxylation is 1. The van der Waals surface area contributed by atoms with Crippen molar-refractivity contribution in [2.75, 3.05) is 7.11 Å². The zero-order chi connectivity index (χ0) is 8.27. The highest BCUT2D eigenvalue weighted by Crippen LogP contribution is 2.29. The number of rotatable bonds is 2. The number of phenols is 1. The maximum absolute atomic E-state index is 9.46. The highest BCUT2D eigenvalue weighted by Gasteiger charge is 2.03. The van der Waals surface area contributed by atoms with Crippen molar-refractivity contribution in [2.45, 2.75) is 13.3 Å². The van der Waals surface area contributed by atoms with Gasteiger partial charge < -0.3 is 9.84 Å². The van der Waals surface area contributed by atoms with Crippen molar-refractivity contribution < 1.29 is 9.84 Å². The van der Waals surface area contributed by atoms with Gasteiger partial charge in [-0.25, -0.2) is 0 Å². The molecule has 0 amide bonds. The lowest BCUT2D eigenvalue weighted by Gasteiger charge is -2.05. The highest BCUT2D eigenvalue weighted by atomic mass is 16.5. The number of hydrogen-bond acceptors (Lipinski definition) is 2. The molecular weight excluding hydrogens is 140 g/mol. The molecule has 0 unspecified atom stereocenters. The van der Waals surface area contributed by atoms with Gasteiger partial charge in [-0.2, -0.15) is 0 Å². The SMILES string of the molecule is CCc1cccc(OC)c1O. The molecule has 0 radical (unpaired) electrons. The minimum atomic E-state index is 0.262. The molecule has 0 atom stereocenters. The molecule has 1 N–H and O–H groups in total. The molecule has 0 heterocycles. The Hall–Kier alpha value is -1.18. The van der Waals surface area contributed by atoms with Crippen molar-refractivity contribution in [3.8, 4) is 11.5 Å². The number of phenolic OH excluding ortho intramolecular Hbond substituents is 1. The van der Waals surface area contributed by atoms with Gasteiger partial charge in [-0.3, -0.25) is 0 Å². The lowest BCUT2D eigenvalue weighted by molar-refractivity contribution is 0.371. The van der Waals surface area contributed by atoms with E-state index in [2.05, 4.69) is 0 Å². The van der Waals surface area contributed by atoms with Gasteiger partial charge in [0.2, 0.25) is 0 Å². The van der Waals surface area contributed by atoms with Crippen LogP contribution in [0.1, 0.15) is 12.5 Å². The summed E-state index contributed by atoms with van der Waals surface area (Å²) in [5.74, 6) is 0.807. The van der Waals surface area contributed by atoms with Crippen LogP contribution in [0.25, 0.3) is 0 Å². The first kappa shape index (κ1) is 7.92. The zero-order valence-corrected chi connectivity index (χ0v) is 6.79. The molecule has 60 valence electrons. The Kier molecular flexibility index (Phi) is 2.36. The van der Waals surface area contributed by atoms with Crippen molar-refractivity contribution >= 4 is 0 Å². The average Bonchev–Trinajstić information content (AvgIpc) is 2.05. The van der Waals surface area contributed by atoms with E-state index in [-0.39, 0.29) is 5.75 Å². The fourth-order valence-corrected chi connectivity index (χ4v) is 1.02. The molecule has 1 aromatic rings. The summed E-state index contributed by atoms with van der Waals surface area (Å²) in [6.07, 6.45) is 0.822. The number of methoxy groups -OCH3 is 1. The van der Waals surface area contributed by atoms with Crippen LogP contribution in [0.3, 0.4) is 0 Å². The van der Waals surface area contributed by atoms with Gasteiger partial charge in [-0.15, -0.1) is 0 Å². The van der Waals surface area contributed by atoms with Crippen molar-refractivity contribution in [1.82, 2.24) is 0 Å². The summed E-state index contributed by atoms with van der Waals surface area (Å²) < 4.78 is 4.94. The van der Waals surface area contributed by atoms with Gasteiger partial charge in [0.1, 0.15) is 0 Å². The maximum atomic E-state index is 9.46. The molecule has 0 spiro atoms. The van der Waals surface area contributed by atoms with E-state index in [0.29, 0.717) is 5.75 Å². The second-order valence-electron chi connectivity index (χ2n) is 2.32. The molecular formula is C9H12O2. The van der Waals surface area contributed by atoms with Crippen molar-refractivity contribution in [3.63, 3.8) is 0 Å². The van der Waals surface area contributed by atoms with Gasteiger partial charge in [0.15, 0.2) is 11.5 Å². The van der Waals surface area contributed by atoms with Gasteiger partial charge in [0.25, 0.3) is 0 Å². The number of hydrogen-bond donors (Lipinski definition) is 1. The van der Waals surface area contributed by atoms with Crippen LogP contribution >= 0.6 is 0 Å². The van der Waals surface area contributed by atoms with Gasteiger partial charge in [-0.05, 0) is 18.1 Å². The highest BCUT2D eigenvalue weighted by molar-refractivity contribution is 5.45. The Balaban J connectivity index is 3.10. The Bertz CT molecular complexity index is 221. The average molecular weight is 152 g/mol. The van der Waals surface area contributed by atoms with Crippen LogP contribution in [0.15, 0.2) is 18.2 Å². The van der Waals surface area contributed by atoms with Crippen molar-refractivity contribution in [1.29, 1.82) is 0 Å². The van der Waals surface area contributed by atoms with Crippen LogP contribution in [-0.2, 0) is 6.42 Å². The molecule has 0 aromatic heterocycles. The summed E-state index contributed by atoms with van der Waals surface area (Å²) in [6.45, 7) is 1.99. The van der Waals surface area contributed by atoms with E-state index in [0.717, 1.165) is 12.0 Å². The minimum Gasteiger partial charge on any atom is -0.504 e. The van der Waals surface area contributed by atoms with Crippen LogP contribution in [0.5, 0.6) is 11.5 Å². The normalized spacial score (nSPS) is 9.64. The molecule has 0 aliphatic carbocycles. The minimum absolute atomic E-state index is 0.262. The largest absolute Gasteiger partial charge is 0.504 e. The first-order valence-electron chi connectivity index (χ1n) is 3.64. The molecule has 1 aromatic carbocycles. The smallest absolute Gasteiger partial charge is 0.160 e. The molecule has 0 fully saturated rings. The van der Waals surface area contributed by atoms with Gasteiger partial charge in [0.05, 0.1) is 7.11 Å². The molecule has 1 rings (SSSR count). The first-order chi connectivity index (χ1) is 5.29. The van der Waals surface area contributed by atoms with E-state index in [9.17, 15) is 5.11 Å². The van der Waals surface area contributed by atoms with E-state index >= 15 is 0 Å². The monoisotopic (exact) mass is 152 g/mol. The Morgan fingerprint density at radius 3 is 2.73 bits per heavy atom. The third kappa shape index (κ3) is 1.45. The standard InChI is InChI=1S/C9H12O2/c1-3-7-5-4-6-8(11-2)9(7)10/h4-6,10H,3H2,1-2H3. The third-order valence-electron chi connectivity index (χ3n) is 1.68. The zero-order valence-electron chi connectivity index (χ0n) is 6.79. The molecule has 0 saturated carbocycles. The Morgan fingerprint density at radius 2 is 2.18 bits per heavy atom. The molecule has 2 nitrogen and oxygen atoms in total. The molecule has 0 saturated heterocycles. The third-order valence-corrected chi connectivity index (χ3v) is 1.68. The van der Waals surface area contributed by atoms with Crippen LogP contribution in [-0.4, -0.2) is 12.2 Å². The number of benzene rings is 1. The van der Waals surface area contributed by atoms with E-state index < -0.39 is 0 Å². The summed E-state index contributed by atoms with van der Waals surface area (Å²) in [5.41, 5.74) is 0.921. The van der Waals surface area contributed by atoms with E-state index in [1.807, 2.05) is 19.1 Å². The van der Waals surface area contributed by atoms with Gasteiger partial charge in [-0.1, -0.05) is 19.1 Å². The van der Waals surface area contributed by atoms with Gasteiger partial charge >= 0.3 is 0 Å². The van der Waals surface area contributed by atoms with Crippen LogP contribution in [0.2, 0.25) is 0 Å². The van der Waals surface area contributed by atoms with E-state index in [1.54, 1.807) is 13.2 Å². The van der Waals surface area contributed by atoms with Crippen molar-refractivity contribution in [3.05, 3.63) is 23.8 Å². The first-order valence-corrected chi connectivity index (χ1v) is 3.64. The summed E-state index contributed by atoms with van der Waals surface area (Å²) >= 11 is 0. The molecule has 11 heavy (non-hydrogen) atoms. The topological polar surface area (TPSA) is 29.5 Å². The summed E-state index contributed by atoms with van der Waals surface area (Å²) in [7, 11) is 1.55. The molecule has 0 aliphatic heterocycles. The lowest BCUT2D eigenvalue weighted by atomic mass is 10.1. The summed E-state index contributed by atoms with van der Waals surface area (Å²) in [4.78, 5) is 0. The Labute approximate surface area is 66.4 Å². The number of ether oxygens (including phenoxy) is 1. The predicted molar refractivity (Wildman–Crippen MR) is 44.0 cm³/mol. The lowest BCUT2D eigenvalue weighted by Crippen LogP contribution is -1.87. The fourth-order valence-electron chi connectivity index (χ4n) is 1.02. The maximum Gasteiger partial charge on any atom is 0.160 e. The van der Waals surface area contributed by atoms with Crippen molar-refractivity contribution in [2.24, 2.45) is 0 Å². The summed E-state index contributed by atoms with van der Waals surface area (Å²) in [6, 6.07) is 5.50. The fraction of sp³-hybridized carbons (Fsp3) is 0.333. The van der Waals surface area contributed by atoms with Crippen LogP contribution in [0, 0.1) is 0 Å². The van der Waals surface area contributed by atoms with E-state index in [1.165, 1.54) is 0 Å². The summed E-state index contributed by atoms with van der Waals surface area (Å²) in [5, 5.41) is 9.46. The second kappa shape index (κ2) is 3.28. The number of aromatic hydroxyl groups is 1. The van der Waals surface area contributed by atoms with Crippen LogP contribution < -0.4 is 4.74 Å². The number of para-hydroxylation sites is 1. The Morgan fingerprint density at radius 1 is 1.45 bits per heavy atom.